The molecule has 1 heterocycles. The molecule has 1 fully saturated rings. The second kappa shape index (κ2) is 14.4. The van der Waals surface area contributed by atoms with E-state index >= 15 is 0 Å². The van der Waals surface area contributed by atoms with Crippen molar-refractivity contribution < 1.29 is 28.6 Å². The highest BCUT2D eigenvalue weighted by molar-refractivity contribution is 5.79. The first-order valence-electron chi connectivity index (χ1n) is 13.3. The number of esters is 2. The Morgan fingerprint density at radius 2 is 1.73 bits per heavy atom. The van der Waals surface area contributed by atoms with Gasteiger partial charge in [0, 0.05) is 6.42 Å². The summed E-state index contributed by atoms with van der Waals surface area (Å²) < 4.78 is 17.3. The van der Waals surface area contributed by atoms with Gasteiger partial charge in [-0.3, -0.25) is 9.59 Å². The lowest BCUT2D eigenvalue weighted by Gasteiger charge is -2.37. The van der Waals surface area contributed by atoms with E-state index in [9.17, 15) is 14.4 Å². The number of hydrogen-bond acceptors (Lipinski definition) is 6. The minimum Gasteiger partial charge on any atom is -0.461 e. The predicted molar refractivity (Wildman–Crippen MR) is 141 cm³/mol. The van der Waals surface area contributed by atoms with Gasteiger partial charge in [0.05, 0.1) is 5.92 Å². The molecule has 1 N–H and O–H groups in total. The SMILES string of the molecule is CCCCCC[C@@H]1C(=O)O[C@H]1CC(OC(=O)[C@H](CC(C)C)NC=O)c1ccc(Oc2ccccc2)cc1. The first kappa shape index (κ1) is 28.2. The molecule has 37 heavy (non-hydrogen) atoms. The maximum Gasteiger partial charge on any atom is 0.329 e. The minimum atomic E-state index is -0.741. The molecular formula is C30H39NO6. The van der Waals surface area contributed by atoms with E-state index in [-0.39, 0.29) is 23.9 Å². The molecule has 0 aliphatic carbocycles. The van der Waals surface area contributed by atoms with Crippen LogP contribution in [-0.4, -0.2) is 30.5 Å². The molecule has 1 aliphatic rings. The molecule has 1 amide bonds. The molecule has 7 heteroatoms. The number of benzene rings is 2. The molecule has 200 valence electrons. The molecular weight excluding hydrogens is 470 g/mol. The van der Waals surface area contributed by atoms with Crippen molar-refractivity contribution in [1.29, 1.82) is 0 Å². The molecule has 3 rings (SSSR count). The Balaban J connectivity index is 1.74. The smallest absolute Gasteiger partial charge is 0.329 e. The molecule has 0 radical (unpaired) electrons. The zero-order chi connectivity index (χ0) is 26.6. The number of cyclic esters (lactones) is 1. The molecule has 1 aliphatic heterocycles. The van der Waals surface area contributed by atoms with Crippen molar-refractivity contribution in [2.24, 2.45) is 11.8 Å². The van der Waals surface area contributed by atoms with E-state index < -0.39 is 18.1 Å². The molecule has 0 bridgehead atoms. The lowest BCUT2D eigenvalue weighted by molar-refractivity contribution is -0.190. The second-order valence-corrected chi connectivity index (χ2v) is 10.0. The Bertz CT molecular complexity index is 991. The van der Waals surface area contributed by atoms with Crippen LogP contribution in [0.3, 0.4) is 0 Å². The Morgan fingerprint density at radius 1 is 1.03 bits per heavy atom. The fourth-order valence-electron chi connectivity index (χ4n) is 4.55. The molecule has 4 atom stereocenters. The van der Waals surface area contributed by atoms with E-state index in [0.29, 0.717) is 25.0 Å². The summed E-state index contributed by atoms with van der Waals surface area (Å²) in [6.07, 6.45) is 5.53. The average molecular weight is 510 g/mol. The van der Waals surface area contributed by atoms with Crippen molar-refractivity contribution in [3.8, 4) is 11.5 Å². The van der Waals surface area contributed by atoms with E-state index in [0.717, 1.165) is 43.4 Å². The van der Waals surface area contributed by atoms with Gasteiger partial charge < -0.3 is 19.5 Å². The van der Waals surface area contributed by atoms with Gasteiger partial charge >= 0.3 is 11.9 Å². The van der Waals surface area contributed by atoms with Crippen molar-refractivity contribution >= 4 is 18.3 Å². The van der Waals surface area contributed by atoms with Crippen LogP contribution in [-0.2, 0) is 23.9 Å². The molecule has 1 saturated heterocycles. The Labute approximate surface area is 219 Å². The van der Waals surface area contributed by atoms with Gasteiger partial charge in [-0.1, -0.05) is 76.8 Å². The van der Waals surface area contributed by atoms with E-state index in [2.05, 4.69) is 12.2 Å². The highest BCUT2D eigenvalue weighted by Gasteiger charge is 2.43. The van der Waals surface area contributed by atoms with Crippen molar-refractivity contribution in [3.05, 3.63) is 60.2 Å². The van der Waals surface area contributed by atoms with Crippen molar-refractivity contribution in [1.82, 2.24) is 5.32 Å². The van der Waals surface area contributed by atoms with Crippen LogP contribution in [0.1, 0.15) is 77.4 Å². The Hall–Kier alpha value is -3.35. The lowest BCUT2D eigenvalue weighted by Crippen LogP contribution is -2.46. The predicted octanol–water partition coefficient (Wildman–Crippen LogP) is 6.13. The van der Waals surface area contributed by atoms with E-state index in [1.807, 2.05) is 68.4 Å². The third kappa shape index (κ3) is 8.62. The van der Waals surface area contributed by atoms with Crippen molar-refractivity contribution in [2.75, 3.05) is 0 Å². The number of nitrogens with one attached hydrogen (secondary N) is 1. The van der Waals surface area contributed by atoms with Crippen LogP contribution in [0.2, 0.25) is 0 Å². The van der Waals surface area contributed by atoms with Crippen molar-refractivity contribution in [3.63, 3.8) is 0 Å². The van der Waals surface area contributed by atoms with Crippen molar-refractivity contribution in [2.45, 2.75) is 84.0 Å². The largest absolute Gasteiger partial charge is 0.461 e. The molecule has 0 aromatic heterocycles. The first-order chi connectivity index (χ1) is 17.9. The van der Waals surface area contributed by atoms with Crippen LogP contribution in [0.5, 0.6) is 11.5 Å². The molecule has 7 nitrogen and oxygen atoms in total. The molecule has 1 unspecified atom stereocenters. The average Bonchev–Trinajstić information content (AvgIpc) is 2.88. The summed E-state index contributed by atoms with van der Waals surface area (Å²) >= 11 is 0. The van der Waals surface area contributed by atoms with Gasteiger partial charge in [0.25, 0.3) is 0 Å². The number of unbranched alkanes of at least 4 members (excludes halogenated alkanes) is 3. The number of ether oxygens (including phenoxy) is 3. The topological polar surface area (TPSA) is 90.9 Å². The summed E-state index contributed by atoms with van der Waals surface area (Å²) in [7, 11) is 0. The number of para-hydroxylation sites is 1. The number of carbonyl (C=O) groups is 3. The summed E-state index contributed by atoms with van der Waals surface area (Å²) in [5.41, 5.74) is 0.774. The maximum atomic E-state index is 13.1. The number of rotatable bonds is 16. The van der Waals surface area contributed by atoms with Gasteiger partial charge in [0.2, 0.25) is 6.41 Å². The molecule has 0 spiro atoms. The van der Waals surface area contributed by atoms with E-state index in [1.165, 1.54) is 0 Å². The van der Waals surface area contributed by atoms with E-state index in [4.69, 9.17) is 14.2 Å². The molecule has 2 aromatic carbocycles. The van der Waals surface area contributed by atoms with Crippen LogP contribution >= 0.6 is 0 Å². The Kier molecular flexibility index (Phi) is 11.0. The summed E-state index contributed by atoms with van der Waals surface area (Å²) in [4.78, 5) is 36.4. The Morgan fingerprint density at radius 3 is 2.35 bits per heavy atom. The summed E-state index contributed by atoms with van der Waals surface area (Å²) in [6, 6.07) is 16.1. The fraction of sp³-hybridized carbons (Fsp3) is 0.500. The van der Waals surface area contributed by atoms with Gasteiger partial charge in [-0.15, -0.1) is 0 Å². The highest BCUT2D eigenvalue weighted by atomic mass is 16.6. The third-order valence-electron chi connectivity index (χ3n) is 6.58. The first-order valence-corrected chi connectivity index (χ1v) is 13.3. The van der Waals surface area contributed by atoms with Gasteiger partial charge in [0.15, 0.2) is 0 Å². The van der Waals surface area contributed by atoms with Gasteiger partial charge in [0.1, 0.15) is 29.7 Å². The zero-order valence-corrected chi connectivity index (χ0v) is 22.1. The fourth-order valence-corrected chi connectivity index (χ4v) is 4.55. The number of amides is 1. The molecule has 0 saturated carbocycles. The van der Waals surface area contributed by atoms with E-state index in [1.54, 1.807) is 0 Å². The third-order valence-corrected chi connectivity index (χ3v) is 6.58. The van der Waals surface area contributed by atoms with Crippen LogP contribution < -0.4 is 10.1 Å². The van der Waals surface area contributed by atoms with Gasteiger partial charge in [-0.2, -0.15) is 0 Å². The quantitative estimate of drug-likeness (QED) is 0.166. The minimum absolute atomic E-state index is 0.182. The van der Waals surface area contributed by atoms with Crippen LogP contribution in [0.4, 0.5) is 0 Å². The molecule has 2 aromatic rings. The summed E-state index contributed by atoms with van der Waals surface area (Å²) in [6.45, 7) is 6.11. The number of hydrogen-bond donors (Lipinski definition) is 1. The number of carbonyl (C=O) groups excluding carboxylic acids is 3. The van der Waals surface area contributed by atoms with Crippen LogP contribution in [0.25, 0.3) is 0 Å². The van der Waals surface area contributed by atoms with Crippen LogP contribution in [0, 0.1) is 11.8 Å². The zero-order valence-electron chi connectivity index (χ0n) is 22.1. The van der Waals surface area contributed by atoms with Crippen LogP contribution in [0.15, 0.2) is 54.6 Å². The monoisotopic (exact) mass is 509 g/mol. The summed E-state index contributed by atoms with van der Waals surface area (Å²) in [5.74, 6) is 0.710. The van der Waals surface area contributed by atoms with Gasteiger partial charge in [-0.05, 0) is 48.6 Å². The highest BCUT2D eigenvalue weighted by Crippen LogP contribution is 2.36. The maximum absolute atomic E-state index is 13.1. The lowest BCUT2D eigenvalue weighted by atomic mass is 9.86. The summed E-state index contributed by atoms with van der Waals surface area (Å²) in [5, 5.41) is 2.58. The normalized spacial score (nSPS) is 18.3. The standard InChI is InChI=1S/C30H39NO6/c1-4-5-6-10-13-25-28(37-29(25)33)19-27(36-30(34)26(31-20-32)18-21(2)3)22-14-16-24(17-15-22)35-23-11-8-7-9-12-23/h7-9,11-12,14-17,20-21,25-28H,4-6,10,13,18-19H2,1-3H3,(H,31,32)/t25-,26-,27?,28-/m0/s1. The second-order valence-electron chi connectivity index (χ2n) is 10.0. The van der Waals surface area contributed by atoms with Gasteiger partial charge in [-0.25, -0.2) is 4.79 Å².